The monoisotopic (exact) mass is 278 g/mol. The van der Waals surface area contributed by atoms with E-state index in [0.29, 0.717) is 6.04 Å². The van der Waals surface area contributed by atoms with E-state index in [1.165, 1.54) is 5.56 Å². The van der Waals surface area contributed by atoms with Gasteiger partial charge in [0.05, 0.1) is 0 Å². The van der Waals surface area contributed by atoms with Crippen molar-refractivity contribution in [1.82, 2.24) is 10.2 Å². The molecule has 0 aliphatic heterocycles. The first-order valence-corrected chi connectivity index (χ1v) is 7.93. The van der Waals surface area contributed by atoms with E-state index >= 15 is 0 Å². The first kappa shape index (κ1) is 17.0. The van der Waals surface area contributed by atoms with E-state index in [2.05, 4.69) is 56.1 Å². The predicted octanol–water partition coefficient (Wildman–Crippen LogP) is 3.47. The van der Waals surface area contributed by atoms with E-state index in [4.69, 9.17) is 4.74 Å². The van der Waals surface area contributed by atoms with Crippen LogP contribution in [0.15, 0.2) is 24.3 Å². The van der Waals surface area contributed by atoms with Gasteiger partial charge in [-0.1, -0.05) is 39.8 Å². The standard InChI is InChI=1S/C17H30N2O/c1-5-17(18-6-2)15-10-9-11-16(14-15)20-13-12-19(7-3)8-4/h9-11,14,17-18H,5-8,12-13H2,1-4H3. The highest BCUT2D eigenvalue weighted by molar-refractivity contribution is 5.30. The minimum absolute atomic E-state index is 0.423. The Balaban J connectivity index is 2.54. The zero-order chi connectivity index (χ0) is 14.8. The summed E-state index contributed by atoms with van der Waals surface area (Å²) in [7, 11) is 0. The van der Waals surface area contributed by atoms with E-state index < -0.39 is 0 Å². The summed E-state index contributed by atoms with van der Waals surface area (Å²) in [4.78, 5) is 2.37. The number of hydrogen-bond acceptors (Lipinski definition) is 3. The van der Waals surface area contributed by atoms with Crippen LogP contribution in [0.2, 0.25) is 0 Å². The van der Waals surface area contributed by atoms with Crippen molar-refractivity contribution in [2.75, 3.05) is 32.8 Å². The van der Waals surface area contributed by atoms with Crippen LogP contribution < -0.4 is 10.1 Å². The topological polar surface area (TPSA) is 24.5 Å². The Labute approximate surface area is 124 Å². The molecule has 1 aromatic rings. The van der Waals surface area contributed by atoms with Crippen molar-refractivity contribution in [1.29, 1.82) is 0 Å². The summed E-state index contributed by atoms with van der Waals surface area (Å²) in [5, 5.41) is 3.50. The van der Waals surface area contributed by atoms with Crippen LogP contribution in [-0.4, -0.2) is 37.7 Å². The third-order valence-electron chi connectivity index (χ3n) is 3.69. The Bertz CT molecular complexity index is 364. The van der Waals surface area contributed by atoms with Crippen molar-refractivity contribution >= 4 is 0 Å². The molecule has 20 heavy (non-hydrogen) atoms. The average Bonchev–Trinajstić information content (AvgIpc) is 2.49. The number of benzene rings is 1. The zero-order valence-electron chi connectivity index (χ0n) is 13.5. The van der Waals surface area contributed by atoms with Crippen molar-refractivity contribution < 1.29 is 4.74 Å². The fourth-order valence-corrected chi connectivity index (χ4v) is 2.40. The SMILES string of the molecule is CCNC(CC)c1cccc(OCCN(CC)CC)c1. The second-order valence-corrected chi connectivity index (χ2v) is 4.97. The van der Waals surface area contributed by atoms with Gasteiger partial charge in [0.1, 0.15) is 12.4 Å². The van der Waals surface area contributed by atoms with Crippen LogP contribution in [0.4, 0.5) is 0 Å². The van der Waals surface area contributed by atoms with Gasteiger partial charge in [-0.15, -0.1) is 0 Å². The fraction of sp³-hybridized carbons (Fsp3) is 0.647. The maximum atomic E-state index is 5.88. The fourth-order valence-electron chi connectivity index (χ4n) is 2.40. The molecule has 0 saturated carbocycles. The minimum Gasteiger partial charge on any atom is -0.492 e. The van der Waals surface area contributed by atoms with Crippen LogP contribution in [0.1, 0.15) is 45.7 Å². The third-order valence-corrected chi connectivity index (χ3v) is 3.69. The second-order valence-electron chi connectivity index (χ2n) is 4.97. The van der Waals surface area contributed by atoms with Crippen LogP contribution in [0.3, 0.4) is 0 Å². The molecule has 0 spiro atoms. The van der Waals surface area contributed by atoms with Gasteiger partial charge in [-0.3, -0.25) is 0 Å². The first-order chi connectivity index (χ1) is 9.74. The molecule has 1 aromatic carbocycles. The lowest BCUT2D eigenvalue weighted by Crippen LogP contribution is -2.27. The highest BCUT2D eigenvalue weighted by Gasteiger charge is 2.08. The highest BCUT2D eigenvalue weighted by Crippen LogP contribution is 2.21. The number of ether oxygens (including phenoxy) is 1. The largest absolute Gasteiger partial charge is 0.492 e. The summed E-state index contributed by atoms with van der Waals surface area (Å²) >= 11 is 0. The van der Waals surface area contributed by atoms with Crippen molar-refractivity contribution in [3.63, 3.8) is 0 Å². The molecule has 3 heteroatoms. The maximum absolute atomic E-state index is 5.88. The molecule has 0 aliphatic rings. The van der Waals surface area contributed by atoms with E-state index in [0.717, 1.165) is 45.0 Å². The smallest absolute Gasteiger partial charge is 0.119 e. The minimum atomic E-state index is 0.423. The van der Waals surface area contributed by atoms with Gasteiger partial charge >= 0.3 is 0 Å². The molecule has 3 nitrogen and oxygen atoms in total. The van der Waals surface area contributed by atoms with Gasteiger partial charge in [0.25, 0.3) is 0 Å². The number of rotatable bonds is 10. The van der Waals surface area contributed by atoms with Gasteiger partial charge in [-0.25, -0.2) is 0 Å². The molecule has 0 bridgehead atoms. The molecule has 0 amide bonds. The third kappa shape index (κ3) is 5.51. The lowest BCUT2D eigenvalue weighted by atomic mass is 10.0. The molecule has 0 aliphatic carbocycles. The molecular formula is C17H30N2O. The van der Waals surface area contributed by atoms with Gasteiger partial charge < -0.3 is 15.0 Å². The lowest BCUT2D eigenvalue weighted by molar-refractivity contribution is 0.222. The molecule has 1 N–H and O–H groups in total. The number of nitrogens with zero attached hydrogens (tertiary/aromatic N) is 1. The summed E-state index contributed by atoms with van der Waals surface area (Å²) in [6, 6.07) is 8.89. The van der Waals surface area contributed by atoms with E-state index in [1.54, 1.807) is 0 Å². The van der Waals surface area contributed by atoms with Gasteiger partial charge in [0.2, 0.25) is 0 Å². The Morgan fingerprint density at radius 1 is 1.15 bits per heavy atom. The van der Waals surface area contributed by atoms with E-state index in [9.17, 15) is 0 Å². The van der Waals surface area contributed by atoms with Crippen LogP contribution in [-0.2, 0) is 0 Å². The molecule has 0 fully saturated rings. The van der Waals surface area contributed by atoms with Crippen molar-refractivity contribution in [2.24, 2.45) is 0 Å². The van der Waals surface area contributed by atoms with E-state index in [-0.39, 0.29) is 0 Å². The molecule has 0 saturated heterocycles. The maximum Gasteiger partial charge on any atom is 0.119 e. The molecule has 0 aromatic heterocycles. The van der Waals surface area contributed by atoms with E-state index in [1.807, 2.05) is 6.07 Å². The number of hydrogen-bond donors (Lipinski definition) is 1. The van der Waals surface area contributed by atoms with Crippen LogP contribution in [0, 0.1) is 0 Å². The van der Waals surface area contributed by atoms with Gasteiger partial charge in [-0.2, -0.15) is 0 Å². The van der Waals surface area contributed by atoms with Gasteiger partial charge in [-0.05, 0) is 43.8 Å². The number of likely N-dealkylation sites (N-methyl/N-ethyl adjacent to an activating group) is 1. The molecule has 1 atom stereocenters. The van der Waals surface area contributed by atoms with Gasteiger partial charge in [0, 0.05) is 12.6 Å². The lowest BCUT2D eigenvalue weighted by Gasteiger charge is -2.19. The average molecular weight is 278 g/mol. The number of nitrogens with one attached hydrogen (secondary N) is 1. The molecule has 1 rings (SSSR count). The summed E-state index contributed by atoms with van der Waals surface area (Å²) in [6.07, 6.45) is 1.09. The Morgan fingerprint density at radius 2 is 1.90 bits per heavy atom. The summed E-state index contributed by atoms with van der Waals surface area (Å²) in [5.74, 6) is 0.978. The first-order valence-electron chi connectivity index (χ1n) is 7.93. The zero-order valence-corrected chi connectivity index (χ0v) is 13.5. The Kier molecular flexibility index (Phi) is 8.31. The molecule has 0 heterocycles. The molecular weight excluding hydrogens is 248 g/mol. The summed E-state index contributed by atoms with van der Waals surface area (Å²) < 4.78 is 5.88. The van der Waals surface area contributed by atoms with Crippen LogP contribution in [0.5, 0.6) is 5.75 Å². The predicted molar refractivity (Wildman–Crippen MR) is 86.4 cm³/mol. The van der Waals surface area contributed by atoms with Crippen molar-refractivity contribution in [2.45, 2.75) is 40.2 Å². The normalized spacial score (nSPS) is 12.7. The van der Waals surface area contributed by atoms with Crippen molar-refractivity contribution in [3.8, 4) is 5.75 Å². The summed E-state index contributed by atoms with van der Waals surface area (Å²) in [5.41, 5.74) is 1.31. The van der Waals surface area contributed by atoms with Crippen LogP contribution in [0.25, 0.3) is 0 Å². The Morgan fingerprint density at radius 3 is 2.50 bits per heavy atom. The highest BCUT2D eigenvalue weighted by atomic mass is 16.5. The quantitative estimate of drug-likeness (QED) is 0.709. The van der Waals surface area contributed by atoms with Gasteiger partial charge in [0.15, 0.2) is 0 Å². The Hall–Kier alpha value is -1.06. The summed E-state index contributed by atoms with van der Waals surface area (Å²) in [6.45, 7) is 13.6. The molecule has 0 radical (unpaired) electrons. The second kappa shape index (κ2) is 9.78. The molecule has 1 unspecified atom stereocenters. The van der Waals surface area contributed by atoms with Crippen molar-refractivity contribution in [3.05, 3.63) is 29.8 Å². The van der Waals surface area contributed by atoms with Crippen LogP contribution >= 0.6 is 0 Å². The molecule has 114 valence electrons.